The third-order valence-corrected chi connectivity index (χ3v) is 5.12. The van der Waals surface area contributed by atoms with Crippen molar-refractivity contribution in [3.63, 3.8) is 0 Å². The number of carbonyl (C=O) groups excluding carboxylic acids is 1. The van der Waals surface area contributed by atoms with Crippen LogP contribution in [0.2, 0.25) is 0 Å². The average Bonchev–Trinajstić information content (AvgIpc) is 2.65. The van der Waals surface area contributed by atoms with Crippen LogP contribution in [0.25, 0.3) is 0 Å². The first-order valence-electron chi connectivity index (χ1n) is 8.68. The van der Waals surface area contributed by atoms with Crippen LogP contribution in [-0.4, -0.2) is 22.5 Å². The summed E-state index contributed by atoms with van der Waals surface area (Å²) in [4.78, 5) is 31.4. The summed E-state index contributed by atoms with van der Waals surface area (Å²) in [6.07, 6.45) is 4.70. The molecule has 1 aromatic carbocycles. The van der Waals surface area contributed by atoms with Gasteiger partial charge in [-0.3, -0.25) is 4.79 Å². The number of benzene rings is 1. The predicted octanol–water partition coefficient (Wildman–Crippen LogP) is 3.51. The van der Waals surface area contributed by atoms with Gasteiger partial charge in [-0.05, 0) is 49.8 Å². The number of esters is 1. The Morgan fingerprint density at radius 1 is 1.24 bits per heavy atom. The molecule has 1 aliphatic carbocycles. The van der Waals surface area contributed by atoms with Crippen molar-refractivity contribution in [3.05, 3.63) is 57.0 Å². The molecule has 0 aliphatic heterocycles. The van der Waals surface area contributed by atoms with Gasteiger partial charge in [0, 0.05) is 11.3 Å². The summed E-state index contributed by atoms with van der Waals surface area (Å²) in [5.74, 6) is 0.396. The highest BCUT2D eigenvalue weighted by atomic mass is 32.2. The number of hydrogen-bond acceptors (Lipinski definition) is 5. The maximum absolute atomic E-state index is 12.1. The lowest BCUT2D eigenvalue weighted by Gasteiger charge is -2.14. The lowest BCUT2D eigenvalue weighted by atomic mass is 9.97. The Bertz CT molecular complexity index is 799. The fourth-order valence-electron chi connectivity index (χ4n) is 2.82. The van der Waals surface area contributed by atoms with Crippen molar-refractivity contribution in [1.82, 2.24) is 9.97 Å². The van der Waals surface area contributed by atoms with Crippen molar-refractivity contribution in [2.24, 2.45) is 0 Å². The lowest BCUT2D eigenvalue weighted by Crippen LogP contribution is -2.21. The summed E-state index contributed by atoms with van der Waals surface area (Å²) in [7, 11) is 0. The Morgan fingerprint density at radius 3 is 2.76 bits per heavy atom. The fourth-order valence-corrected chi connectivity index (χ4v) is 3.65. The number of rotatable bonds is 6. The van der Waals surface area contributed by atoms with Gasteiger partial charge in [0.2, 0.25) is 0 Å². The molecule has 132 valence electrons. The van der Waals surface area contributed by atoms with E-state index in [1.54, 1.807) is 12.1 Å². The standard InChI is InChI=1S/C19H22N2O3S/c1-2-11-24-18(23)14-9-7-13(8-10-14)12-25-19-20-16-6-4-3-5-15(16)17(22)21-19/h7-10H,2-6,11-12H2,1H3,(H,20,21,22). The second-order valence-electron chi connectivity index (χ2n) is 6.12. The van der Waals surface area contributed by atoms with Crippen LogP contribution in [0.1, 0.15) is 53.4 Å². The molecule has 1 N–H and O–H groups in total. The second kappa shape index (κ2) is 8.34. The van der Waals surface area contributed by atoms with Gasteiger partial charge in [0.05, 0.1) is 17.9 Å². The molecule has 2 aromatic rings. The van der Waals surface area contributed by atoms with Crippen molar-refractivity contribution in [2.75, 3.05) is 6.61 Å². The first kappa shape index (κ1) is 17.7. The number of nitrogens with zero attached hydrogens (tertiary/aromatic N) is 1. The molecule has 0 fully saturated rings. The molecule has 25 heavy (non-hydrogen) atoms. The monoisotopic (exact) mass is 358 g/mol. The number of thioether (sulfide) groups is 1. The van der Waals surface area contributed by atoms with Gasteiger partial charge >= 0.3 is 5.97 Å². The highest BCUT2D eigenvalue weighted by Gasteiger charge is 2.15. The number of aromatic amines is 1. The quantitative estimate of drug-likeness (QED) is 0.486. The smallest absolute Gasteiger partial charge is 0.338 e. The van der Waals surface area contributed by atoms with Gasteiger partial charge in [0.25, 0.3) is 5.56 Å². The molecule has 3 rings (SSSR count). The molecule has 0 saturated carbocycles. The van der Waals surface area contributed by atoms with E-state index < -0.39 is 0 Å². The van der Waals surface area contributed by atoms with Crippen LogP contribution in [0.15, 0.2) is 34.2 Å². The molecule has 1 aliphatic rings. The SMILES string of the molecule is CCCOC(=O)c1ccc(CSc2nc3c(c(=O)[nH]2)CCCC3)cc1. The molecular formula is C19H22N2O3S. The zero-order valence-corrected chi connectivity index (χ0v) is 15.2. The molecule has 0 saturated heterocycles. The van der Waals surface area contributed by atoms with Crippen LogP contribution in [0.3, 0.4) is 0 Å². The summed E-state index contributed by atoms with van der Waals surface area (Å²) >= 11 is 1.51. The van der Waals surface area contributed by atoms with Crippen LogP contribution in [-0.2, 0) is 23.3 Å². The second-order valence-corrected chi connectivity index (χ2v) is 7.09. The van der Waals surface area contributed by atoms with Crippen LogP contribution >= 0.6 is 11.8 Å². The molecule has 6 heteroatoms. The fraction of sp³-hybridized carbons (Fsp3) is 0.421. The average molecular weight is 358 g/mol. The van der Waals surface area contributed by atoms with Gasteiger partial charge in [-0.15, -0.1) is 0 Å². The molecule has 5 nitrogen and oxygen atoms in total. The minimum Gasteiger partial charge on any atom is -0.462 e. The van der Waals surface area contributed by atoms with Gasteiger partial charge in [-0.1, -0.05) is 30.8 Å². The predicted molar refractivity (Wildman–Crippen MR) is 98.1 cm³/mol. The van der Waals surface area contributed by atoms with Gasteiger partial charge in [-0.25, -0.2) is 9.78 Å². The van der Waals surface area contributed by atoms with Crippen LogP contribution in [0.4, 0.5) is 0 Å². The van der Waals surface area contributed by atoms with Gasteiger partial charge in [0.1, 0.15) is 0 Å². The van der Waals surface area contributed by atoms with Crippen molar-refractivity contribution >= 4 is 17.7 Å². The van der Waals surface area contributed by atoms with Gasteiger partial charge in [-0.2, -0.15) is 0 Å². The molecule has 1 heterocycles. The third-order valence-electron chi connectivity index (χ3n) is 4.17. The first-order chi connectivity index (χ1) is 12.2. The summed E-state index contributed by atoms with van der Waals surface area (Å²) in [6, 6.07) is 7.37. The topological polar surface area (TPSA) is 72.0 Å². The van der Waals surface area contributed by atoms with Crippen LogP contribution < -0.4 is 5.56 Å². The number of aromatic nitrogens is 2. The summed E-state index contributed by atoms with van der Waals surface area (Å²) in [5.41, 5.74) is 3.43. The maximum Gasteiger partial charge on any atom is 0.338 e. The Kier molecular flexibility index (Phi) is 5.91. The summed E-state index contributed by atoms with van der Waals surface area (Å²) in [6.45, 7) is 2.40. The molecule has 1 aromatic heterocycles. The van der Waals surface area contributed by atoms with E-state index in [4.69, 9.17) is 4.74 Å². The number of hydrogen-bond donors (Lipinski definition) is 1. The minimum atomic E-state index is -0.290. The van der Waals surface area contributed by atoms with E-state index in [-0.39, 0.29) is 11.5 Å². The summed E-state index contributed by atoms with van der Waals surface area (Å²) in [5, 5.41) is 0.664. The number of aryl methyl sites for hydroxylation is 1. The largest absolute Gasteiger partial charge is 0.462 e. The Labute approximate surface area is 151 Å². The van der Waals surface area contributed by atoms with E-state index in [2.05, 4.69) is 9.97 Å². The van der Waals surface area contributed by atoms with Gasteiger partial charge in [0.15, 0.2) is 5.16 Å². The molecule has 0 spiro atoms. The molecular weight excluding hydrogens is 336 g/mol. The van der Waals surface area contributed by atoms with E-state index in [1.807, 2.05) is 19.1 Å². The van der Waals surface area contributed by atoms with Crippen molar-refractivity contribution in [3.8, 4) is 0 Å². The number of carbonyl (C=O) groups is 1. The Balaban J connectivity index is 1.63. The van der Waals surface area contributed by atoms with E-state index in [1.165, 1.54) is 11.8 Å². The van der Waals surface area contributed by atoms with Crippen molar-refractivity contribution < 1.29 is 9.53 Å². The summed E-state index contributed by atoms with van der Waals surface area (Å²) < 4.78 is 5.12. The molecule has 0 bridgehead atoms. The molecule has 0 radical (unpaired) electrons. The maximum atomic E-state index is 12.1. The van der Waals surface area contributed by atoms with E-state index in [0.717, 1.165) is 48.9 Å². The lowest BCUT2D eigenvalue weighted by molar-refractivity contribution is 0.0505. The zero-order chi connectivity index (χ0) is 17.6. The van der Waals surface area contributed by atoms with Crippen molar-refractivity contribution in [1.29, 1.82) is 0 Å². The normalized spacial score (nSPS) is 13.3. The van der Waals surface area contributed by atoms with E-state index in [0.29, 0.717) is 23.1 Å². The van der Waals surface area contributed by atoms with E-state index in [9.17, 15) is 9.59 Å². The van der Waals surface area contributed by atoms with E-state index >= 15 is 0 Å². The number of nitrogens with one attached hydrogen (secondary N) is 1. The Hall–Kier alpha value is -2.08. The number of H-pyrrole nitrogens is 1. The number of ether oxygens (including phenoxy) is 1. The zero-order valence-electron chi connectivity index (χ0n) is 14.3. The molecule has 0 amide bonds. The minimum absolute atomic E-state index is 0.00113. The highest BCUT2D eigenvalue weighted by Crippen LogP contribution is 2.22. The Morgan fingerprint density at radius 2 is 2.00 bits per heavy atom. The molecule has 0 unspecified atom stereocenters. The number of fused-ring (bicyclic) bond motifs is 1. The third kappa shape index (κ3) is 4.51. The molecule has 0 atom stereocenters. The van der Waals surface area contributed by atoms with Crippen LogP contribution in [0, 0.1) is 0 Å². The first-order valence-corrected chi connectivity index (χ1v) is 9.67. The highest BCUT2D eigenvalue weighted by molar-refractivity contribution is 7.98. The van der Waals surface area contributed by atoms with Gasteiger partial charge < -0.3 is 9.72 Å². The van der Waals surface area contributed by atoms with Crippen molar-refractivity contribution in [2.45, 2.75) is 49.9 Å². The van der Waals surface area contributed by atoms with Crippen LogP contribution in [0.5, 0.6) is 0 Å².